The van der Waals surface area contributed by atoms with Gasteiger partial charge in [-0.1, -0.05) is 54.6 Å². The largest absolute Gasteiger partial charge is 0.508 e. The zero-order valence-corrected chi connectivity index (χ0v) is 16.0. The molecule has 3 aromatic carbocycles. The number of fused-ring (bicyclic) bond motifs is 2. The van der Waals surface area contributed by atoms with Gasteiger partial charge in [-0.3, -0.25) is 9.79 Å². The SMILES string of the molecule is O=C1C[C@H](c2ccccc2)CC2=Nc3ccccc3N[C@H](c3cccc(O)c3)C12. The number of aromatic hydroxyl groups is 1. The number of phenolic OH excluding ortho intramolecular Hbond substituents is 1. The highest BCUT2D eigenvalue weighted by atomic mass is 16.3. The van der Waals surface area contributed by atoms with Gasteiger partial charge in [-0.15, -0.1) is 0 Å². The van der Waals surface area contributed by atoms with Crippen molar-refractivity contribution in [3.05, 3.63) is 90.0 Å². The highest BCUT2D eigenvalue weighted by molar-refractivity contribution is 6.10. The third-order valence-corrected chi connectivity index (χ3v) is 5.92. The van der Waals surface area contributed by atoms with Crippen molar-refractivity contribution in [2.45, 2.75) is 24.8 Å². The van der Waals surface area contributed by atoms with Crippen LogP contribution in [0.4, 0.5) is 11.4 Å². The van der Waals surface area contributed by atoms with E-state index in [1.54, 1.807) is 12.1 Å². The lowest BCUT2D eigenvalue weighted by molar-refractivity contribution is -0.122. The van der Waals surface area contributed by atoms with Crippen molar-refractivity contribution in [3.63, 3.8) is 0 Å². The summed E-state index contributed by atoms with van der Waals surface area (Å²) in [5, 5.41) is 13.6. The molecule has 3 atom stereocenters. The summed E-state index contributed by atoms with van der Waals surface area (Å²) < 4.78 is 0. The Bertz CT molecular complexity index is 1090. The van der Waals surface area contributed by atoms with E-state index in [4.69, 9.17) is 4.99 Å². The standard InChI is InChI=1S/C25H22N2O2/c28-19-10-6-9-17(13-19)25-24-22(26-20-11-4-5-12-21(20)27-25)14-18(15-23(24)29)16-7-2-1-3-8-16/h1-13,18,24-25,27-28H,14-15H2/t18-,24?,25-/m1/s1. The molecule has 144 valence electrons. The van der Waals surface area contributed by atoms with Crippen molar-refractivity contribution >= 4 is 22.9 Å². The molecule has 0 spiro atoms. The Labute approximate surface area is 169 Å². The van der Waals surface area contributed by atoms with Gasteiger partial charge >= 0.3 is 0 Å². The van der Waals surface area contributed by atoms with E-state index >= 15 is 0 Å². The monoisotopic (exact) mass is 382 g/mol. The van der Waals surface area contributed by atoms with Crippen LogP contribution in [0, 0.1) is 5.92 Å². The van der Waals surface area contributed by atoms with Crippen molar-refractivity contribution in [3.8, 4) is 5.75 Å². The molecule has 1 aliphatic heterocycles. The summed E-state index contributed by atoms with van der Waals surface area (Å²) in [7, 11) is 0. The zero-order valence-electron chi connectivity index (χ0n) is 16.0. The van der Waals surface area contributed by atoms with Crippen LogP contribution in [0.3, 0.4) is 0 Å². The molecular formula is C25H22N2O2. The number of benzene rings is 3. The molecule has 1 saturated carbocycles. The summed E-state index contributed by atoms with van der Waals surface area (Å²) in [5.41, 5.74) is 4.76. The minimum absolute atomic E-state index is 0.147. The fraction of sp³-hybridized carbons (Fsp3) is 0.200. The maximum absolute atomic E-state index is 13.4. The normalized spacial score (nSPS) is 23.2. The lowest BCUT2D eigenvalue weighted by Gasteiger charge is -2.34. The summed E-state index contributed by atoms with van der Waals surface area (Å²) in [6.45, 7) is 0. The molecule has 4 heteroatoms. The third-order valence-electron chi connectivity index (χ3n) is 5.92. The number of ketones is 1. The number of hydrogen-bond donors (Lipinski definition) is 2. The maximum Gasteiger partial charge on any atom is 0.144 e. The van der Waals surface area contributed by atoms with Gasteiger partial charge in [0.15, 0.2) is 0 Å². The number of phenols is 1. The zero-order chi connectivity index (χ0) is 19.8. The third kappa shape index (κ3) is 3.31. The van der Waals surface area contributed by atoms with Gasteiger partial charge in [0.25, 0.3) is 0 Å². The van der Waals surface area contributed by atoms with Crippen LogP contribution < -0.4 is 5.32 Å². The number of nitrogens with one attached hydrogen (secondary N) is 1. The quantitative estimate of drug-likeness (QED) is 0.624. The van der Waals surface area contributed by atoms with Gasteiger partial charge in [-0.05, 0) is 47.7 Å². The second kappa shape index (κ2) is 7.21. The topological polar surface area (TPSA) is 61.7 Å². The lowest BCUT2D eigenvalue weighted by atomic mass is 9.72. The molecule has 5 rings (SSSR count). The molecule has 1 heterocycles. The summed E-state index contributed by atoms with van der Waals surface area (Å²) in [6.07, 6.45) is 1.26. The summed E-state index contributed by atoms with van der Waals surface area (Å²) >= 11 is 0. The van der Waals surface area contributed by atoms with Crippen LogP contribution in [0.5, 0.6) is 5.75 Å². The number of hydrogen-bond acceptors (Lipinski definition) is 4. The van der Waals surface area contributed by atoms with Crippen LogP contribution in [0.25, 0.3) is 0 Å². The van der Waals surface area contributed by atoms with Crippen LogP contribution in [0.2, 0.25) is 0 Å². The smallest absolute Gasteiger partial charge is 0.144 e. The van der Waals surface area contributed by atoms with Crippen LogP contribution >= 0.6 is 0 Å². The van der Waals surface area contributed by atoms with E-state index in [0.717, 1.165) is 29.1 Å². The number of para-hydroxylation sites is 2. The van der Waals surface area contributed by atoms with E-state index in [1.807, 2.05) is 54.6 Å². The number of rotatable bonds is 2. The van der Waals surface area contributed by atoms with Crippen molar-refractivity contribution in [2.24, 2.45) is 10.9 Å². The Morgan fingerprint density at radius 3 is 2.45 bits per heavy atom. The van der Waals surface area contributed by atoms with Crippen molar-refractivity contribution in [2.75, 3.05) is 5.32 Å². The van der Waals surface area contributed by atoms with Gasteiger partial charge in [-0.2, -0.15) is 0 Å². The van der Waals surface area contributed by atoms with Gasteiger partial charge in [0.05, 0.1) is 23.3 Å². The average molecular weight is 382 g/mol. The number of carbonyl (C=O) groups is 1. The molecule has 0 saturated heterocycles. The number of carbonyl (C=O) groups excluding carboxylic acids is 1. The molecule has 0 bridgehead atoms. The highest BCUT2D eigenvalue weighted by Gasteiger charge is 2.41. The fourth-order valence-corrected chi connectivity index (χ4v) is 4.55. The first-order valence-electron chi connectivity index (χ1n) is 9.98. The highest BCUT2D eigenvalue weighted by Crippen LogP contribution is 2.44. The van der Waals surface area contributed by atoms with Crippen molar-refractivity contribution in [1.82, 2.24) is 0 Å². The fourth-order valence-electron chi connectivity index (χ4n) is 4.55. The summed E-state index contributed by atoms with van der Waals surface area (Å²) in [5.74, 6) is 0.196. The number of Topliss-reactive ketones (excluding diaryl/α,β-unsaturated/α-hetero) is 1. The minimum atomic E-state index is -0.343. The molecule has 29 heavy (non-hydrogen) atoms. The average Bonchev–Trinajstić information content (AvgIpc) is 2.91. The first-order valence-corrected chi connectivity index (χ1v) is 9.98. The molecule has 2 aliphatic rings. The molecule has 4 nitrogen and oxygen atoms in total. The van der Waals surface area contributed by atoms with E-state index in [1.165, 1.54) is 5.56 Å². The van der Waals surface area contributed by atoms with Crippen LogP contribution in [0.1, 0.15) is 35.9 Å². The predicted molar refractivity (Wildman–Crippen MR) is 115 cm³/mol. The Balaban J connectivity index is 1.61. The summed E-state index contributed by atoms with van der Waals surface area (Å²) in [4.78, 5) is 18.4. The molecular weight excluding hydrogens is 360 g/mol. The molecule has 2 N–H and O–H groups in total. The van der Waals surface area contributed by atoms with Gasteiger partial charge in [0.2, 0.25) is 0 Å². The van der Waals surface area contributed by atoms with E-state index in [0.29, 0.717) is 6.42 Å². The van der Waals surface area contributed by atoms with Gasteiger partial charge in [-0.25, -0.2) is 0 Å². The molecule has 1 fully saturated rings. The van der Waals surface area contributed by atoms with Gasteiger partial charge in [0, 0.05) is 12.1 Å². The molecule has 0 aromatic heterocycles. The minimum Gasteiger partial charge on any atom is -0.508 e. The van der Waals surface area contributed by atoms with Crippen molar-refractivity contribution < 1.29 is 9.90 Å². The first kappa shape index (κ1) is 17.7. The van der Waals surface area contributed by atoms with E-state index in [2.05, 4.69) is 17.4 Å². The molecule has 3 aromatic rings. The first-order chi connectivity index (χ1) is 14.2. The Morgan fingerprint density at radius 2 is 1.62 bits per heavy atom. The molecule has 1 aliphatic carbocycles. The second-order valence-electron chi connectivity index (χ2n) is 7.80. The van der Waals surface area contributed by atoms with Gasteiger partial charge < -0.3 is 10.4 Å². The molecule has 1 unspecified atom stereocenters. The number of aliphatic imine (C=N–C) groups is 1. The Morgan fingerprint density at radius 1 is 0.862 bits per heavy atom. The number of anilines is 1. The lowest BCUT2D eigenvalue weighted by Crippen LogP contribution is -2.38. The number of nitrogens with zero attached hydrogens (tertiary/aromatic N) is 1. The summed E-state index contributed by atoms with van der Waals surface area (Å²) in [6, 6.07) is 25.0. The maximum atomic E-state index is 13.4. The van der Waals surface area contributed by atoms with E-state index in [-0.39, 0.29) is 29.4 Å². The van der Waals surface area contributed by atoms with Crippen LogP contribution in [-0.4, -0.2) is 16.6 Å². The Hall–Kier alpha value is -3.40. The van der Waals surface area contributed by atoms with Crippen molar-refractivity contribution in [1.29, 1.82) is 0 Å². The van der Waals surface area contributed by atoms with Gasteiger partial charge in [0.1, 0.15) is 11.5 Å². The van der Waals surface area contributed by atoms with Crippen LogP contribution in [-0.2, 0) is 4.79 Å². The second-order valence-corrected chi connectivity index (χ2v) is 7.80. The van der Waals surface area contributed by atoms with E-state index < -0.39 is 0 Å². The molecule has 0 radical (unpaired) electrons. The van der Waals surface area contributed by atoms with E-state index in [9.17, 15) is 9.90 Å². The predicted octanol–water partition coefficient (Wildman–Crippen LogP) is 5.39. The molecule has 0 amide bonds. The Kier molecular flexibility index (Phi) is 4.39. The van der Waals surface area contributed by atoms with Crippen LogP contribution in [0.15, 0.2) is 83.9 Å².